The van der Waals surface area contributed by atoms with Gasteiger partial charge in [0.05, 0.1) is 13.2 Å². The molecule has 0 bridgehead atoms. The van der Waals surface area contributed by atoms with Crippen LogP contribution in [0.25, 0.3) is 0 Å². The van der Waals surface area contributed by atoms with Gasteiger partial charge in [-0.25, -0.2) is 0 Å². The van der Waals surface area contributed by atoms with E-state index in [2.05, 4.69) is 21.2 Å². The molecule has 0 fully saturated rings. The predicted octanol–water partition coefficient (Wildman–Crippen LogP) is 4.45. The van der Waals surface area contributed by atoms with Crippen LogP contribution in [-0.2, 0) is 4.79 Å². The fourth-order valence-corrected chi connectivity index (χ4v) is 2.58. The van der Waals surface area contributed by atoms with Crippen molar-refractivity contribution in [3.8, 4) is 5.75 Å². The quantitative estimate of drug-likeness (QED) is 0.784. The van der Waals surface area contributed by atoms with Crippen LogP contribution in [0.2, 0.25) is 0 Å². The number of halogens is 1. The first-order valence-corrected chi connectivity index (χ1v) is 7.54. The lowest BCUT2D eigenvalue weighted by molar-refractivity contribution is -0.111. The third-order valence-corrected chi connectivity index (χ3v) is 3.85. The molecule has 2 aromatic carbocycles. The Labute approximate surface area is 133 Å². The van der Waals surface area contributed by atoms with E-state index in [1.54, 1.807) is 7.11 Å². The largest absolute Gasteiger partial charge is 0.497 e. The predicted molar refractivity (Wildman–Crippen MR) is 88.7 cm³/mol. The molecule has 0 heterocycles. The third kappa shape index (κ3) is 4.08. The van der Waals surface area contributed by atoms with Crippen molar-refractivity contribution in [3.05, 3.63) is 58.6 Å². The van der Waals surface area contributed by atoms with Gasteiger partial charge in [0.1, 0.15) is 12.0 Å². The van der Waals surface area contributed by atoms with E-state index in [1.807, 2.05) is 55.5 Å². The molecule has 0 aliphatic rings. The topological polar surface area (TPSA) is 38.3 Å². The van der Waals surface area contributed by atoms with E-state index in [9.17, 15) is 4.79 Å². The van der Waals surface area contributed by atoms with Crippen molar-refractivity contribution in [3.63, 3.8) is 0 Å². The van der Waals surface area contributed by atoms with Gasteiger partial charge in [-0.05, 0) is 42.0 Å². The molecule has 4 heteroatoms. The Morgan fingerprint density at radius 2 is 1.90 bits per heavy atom. The summed E-state index contributed by atoms with van der Waals surface area (Å²) >= 11 is 3.47. The maximum Gasteiger partial charge on any atom is 0.125 e. The Morgan fingerprint density at radius 3 is 2.48 bits per heavy atom. The number of rotatable bonds is 6. The molecule has 2 atom stereocenters. The van der Waals surface area contributed by atoms with E-state index in [1.165, 1.54) is 0 Å². The average molecular weight is 348 g/mol. The van der Waals surface area contributed by atoms with Crippen molar-refractivity contribution in [2.24, 2.45) is 5.92 Å². The normalized spacial score (nSPS) is 13.3. The first kappa shape index (κ1) is 15.6. The minimum atomic E-state index is -0.138. The van der Waals surface area contributed by atoms with Gasteiger partial charge in [-0.2, -0.15) is 0 Å². The second kappa shape index (κ2) is 7.27. The molecule has 2 aromatic rings. The summed E-state index contributed by atoms with van der Waals surface area (Å²) in [6, 6.07) is 15.6. The fraction of sp³-hybridized carbons (Fsp3) is 0.235. The zero-order valence-electron chi connectivity index (χ0n) is 12.0. The fourth-order valence-electron chi connectivity index (χ4n) is 2.16. The lowest BCUT2D eigenvalue weighted by atomic mass is 9.95. The summed E-state index contributed by atoms with van der Waals surface area (Å²) in [5, 5.41) is 3.42. The molecule has 0 saturated heterocycles. The number of benzene rings is 2. The first-order valence-electron chi connectivity index (χ1n) is 6.75. The Hall–Kier alpha value is -1.81. The summed E-state index contributed by atoms with van der Waals surface area (Å²) in [5.74, 6) is 0.671. The van der Waals surface area contributed by atoms with Gasteiger partial charge >= 0.3 is 0 Å². The van der Waals surface area contributed by atoms with Crippen molar-refractivity contribution in [1.82, 2.24) is 0 Å². The van der Waals surface area contributed by atoms with Crippen molar-refractivity contribution < 1.29 is 9.53 Å². The van der Waals surface area contributed by atoms with Crippen LogP contribution in [0.1, 0.15) is 18.5 Å². The smallest absolute Gasteiger partial charge is 0.125 e. The molecule has 0 aromatic heterocycles. The Kier molecular flexibility index (Phi) is 5.39. The van der Waals surface area contributed by atoms with Gasteiger partial charge in [0, 0.05) is 16.1 Å². The van der Waals surface area contributed by atoms with Crippen LogP contribution in [0.3, 0.4) is 0 Å². The van der Waals surface area contributed by atoms with Crippen LogP contribution in [0.5, 0.6) is 5.75 Å². The van der Waals surface area contributed by atoms with Crippen LogP contribution >= 0.6 is 15.9 Å². The number of anilines is 1. The maximum absolute atomic E-state index is 11.2. The van der Waals surface area contributed by atoms with Gasteiger partial charge in [0.25, 0.3) is 0 Å². The molecule has 0 unspecified atom stereocenters. The molecule has 3 nitrogen and oxygen atoms in total. The Morgan fingerprint density at radius 1 is 1.19 bits per heavy atom. The minimum Gasteiger partial charge on any atom is -0.497 e. The van der Waals surface area contributed by atoms with E-state index in [0.717, 1.165) is 27.8 Å². The Balaban J connectivity index is 2.25. The minimum absolute atomic E-state index is 0.0756. The van der Waals surface area contributed by atoms with Crippen molar-refractivity contribution >= 4 is 27.9 Å². The van der Waals surface area contributed by atoms with Crippen molar-refractivity contribution in [2.75, 3.05) is 12.4 Å². The number of nitrogens with one attached hydrogen (secondary N) is 1. The number of aldehydes is 1. The maximum atomic E-state index is 11.2. The molecule has 110 valence electrons. The zero-order valence-corrected chi connectivity index (χ0v) is 13.6. The molecular formula is C17H18BrNO2. The van der Waals surface area contributed by atoms with Gasteiger partial charge in [-0.3, -0.25) is 0 Å². The van der Waals surface area contributed by atoms with Gasteiger partial charge < -0.3 is 14.8 Å². The molecule has 0 radical (unpaired) electrons. The first-order chi connectivity index (χ1) is 10.1. The average Bonchev–Trinajstić information content (AvgIpc) is 2.52. The third-order valence-electron chi connectivity index (χ3n) is 3.36. The van der Waals surface area contributed by atoms with Gasteiger partial charge in [-0.15, -0.1) is 0 Å². The molecular weight excluding hydrogens is 330 g/mol. The van der Waals surface area contributed by atoms with E-state index < -0.39 is 0 Å². The van der Waals surface area contributed by atoms with Crippen molar-refractivity contribution in [1.29, 1.82) is 0 Å². The molecule has 21 heavy (non-hydrogen) atoms. The number of carbonyl (C=O) groups excluding carboxylic acids is 1. The second-order valence-electron chi connectivity index (χ2n) is 4.90. The highest BCUT2D eigenvalue weighted by atomic mass is 79.9. The lowest BCUT2D eigenvalue weighted by Crippen LogP contribution is -2.19. The number of carbonyl (C=O) groups is 1. The molecule has 1 N–H and O–H groups in total. The highest BCUT2D eigenvalue weighted by Crippen LogP contribution is 2.28. The summed E-state index contributed by atoms with van der Waals surface area (Å²) < 4.78 is 6.15. The monoisotopic (exact) mass is 347 g/mol. The van der Waals surface area contributed by atoms with Gasteiger partial charge in [0.2, 0.25) is 0 Å². The summed E-state index contributed by atoms with van der Waals surface area (Å²) in [4.78, 5) is 11.2. The molecule has 0 aliphatic heterocycles. The second-order valence-corrected chi connectivity index (χ2v) is 5.82. The SMILES string of the molecule is COc1ccc(N[C@H](c2cccc(Br)c2)[C@H](C)C=O)cc1. The van der Waals surface area contributed by atoms with Crippen LogP contribution in [0.15, 0.2) is 53.0 Å². The summed E-state index contributed by atoms with van der Waals surface area (Å²) in [6.45, 7) is 1.91. The molecule has 0 spiro atoms. The highest BCUT2D eigenvalue weighted by molar-refractivity contribution is 9.10. The van der Waals surface area contributed by atoms with Crippen LogP contribution in [0.4, 0.5) is 5.69 Å². The van der Waals surface area contributed by atoms with E-state index in [-0.39, 0.29) is 12.0 Å². The highest BCUT2D eigenvalue weighted by Gasteiger charge is 2.19. The van der Waals surface area contributed by atoms with Crippen LogP contribution < -0.4 is 10.1 Å². The Bertz CT molecular complexity index is 598. The molecule has 2 rings (SSSR count). The summed E-state index contributed by atoms with van der Waals surface area (Å²) in [7, 11) is 1.64. The van der Waals surface area contributed by atoms with Gasteiger partial charge in [0.15, 0.2) is 0 Å². The standard InChI is InChI=1S/C17H18BrNO2/c1-12(11-20)17(13-4-3-5-14(18)10-13)19-15-6-8-16(21-2)9-7-15/h3-12,17,19H,1-2H3/t12-,17+/m1/s1. The van der Waals surface area contributed by atoms with E-state index >= 15 is 0 Å². The molecule has 0 amide bonds. The number of methoxy groups -OCH3 is 1. The zero-order chi connectivity index (χ0) is 15.2. The van der Waals surface area contributed by atoms with Gasteiger partial charge in [-0.1, -0.05) is 35.0 Å². The van der Waals surface area contributed by atoms with E-state index in [0.29, 0.717) is 0 Å². The van der Waals surface area contributed by atoms with Crippen LogP contribution in [0, 0.1) is 5.92 Å². The number of ether oxygens (including phenoxy) is 1. The number of hydrogen-bond donors (Lipinski definition) is 1. The summed E-state index contributed by atoms with van der Waals surface area (Å²) in [5.41, 5.74) is 2.02. The van der Waals surface area contributed by atoms with Crippen LogP contribution in [-0.4, -0.2) is 13.4 Å². The lowest BCUT2D eigenvalue weighted by Gasteiger charge is -2.23. The number of hydrogen-bond acceptors (Lipinski definition) is 3. The molecule has 0 aliphatic carbocycles. The van der Waals surface area contributed by atoms with E-state index in [4.69, 9.17) is 4.74 Å². The summed E-state index contributed by atoms with van der Waals surface area (Å²) in [6.07, 6.45) is 0.974. The van der Waals surface area contributed by atoms with Crippen molar-refractivity contribution in [2.45, 2.75) is 13.0 Å². The molecule has 0 saturated carbocycles.